The van der Waals surface area contributed by atoms with Gasteiger partial charge in [-0.1, -0.05) is 13.0 Å². The van der Waals surface area contributed by atoms with Crippen LogP contribution in [0.25, 0.3) is 0 Å². The van der Waals surface area contributed by atoms with E-state index < -0.39 is 27.7 Å². The first-order valence-corrected chi connectivity index (χ1v) is 11.2. The Hall–Kier alpha value is -3.58. The summed E-state index contributed by atoms with van der Waals surface area (Å²) in [4.78, 5) is 24.0. The van der Waals surface area contributed by atoms with Crippen molar-refractivity contribution in [3.05, 3.63) is 53.1 Å². The summed E-state index contributed by atoms with van der Waals surface area (Å²) in [6.07, 6.45) is -0.400. The number of sulfonamides is 1. The molecule has 0 aliphatic heterocycles. The molecule has 9 nitrogen and oxygen atoms in total. The number of hydrogen-bond donors (Lipinski definition) is 2. The Labute approximate surface area is 187 Å². The molecule has 1 amide bonds. The van der Waals surface area contributed by atoms with Gasteiger partial charge in [-0.3, -0.25) is 10.0 Å². The third-order valence-corrected chi connectivity index (χ3v) is 5.63. The maximum atomic E-state index is 13.2. The van der Waals surface area contributed by atoms with Crippen LogP contribution >= 0.6 is 0 Å². The molecule has 0 aliphatic rings. The zero-order valence-electron chi connectivity index (χ0n) is 18.5. The maximum Gasteiger partial charge on any atom is 0.412 e. The van der Waals surface area contributed by atoms with Gasteiger partial charge in [0.1, 0.15) is 5.60 Å². The standard InChI is InChI=1S/C22H25N3O6S/c1-6-15-8-9-16(20(26)30-5)12-19(15)32(28,29)25-18-11-14(13-23)7-10-17(18)24-21(27)31-22(2,3)4/h7-12,25H,6H2,1-5H3,(H,24,27). The lowest BCUT2D eigenvalue weighted by molar-refractivity contribution is 0.0597. The Morgan fingerprint density at radius 3 is 2.34 bits per heavy atom. The number of anilines is 2. The molecule has 0 fully saturated rings. The molecule has 2 N–H and O–H groups in total. The largest absolute Gasteiger partial charge is 0.465 e. The molecule has 0 aromatic heterocycles. The predicted octanol–water partition coefficient (Wildman–Crippen LogP) is 4.06. The minimum Gasteiger partial charge on any atom is -0.465 e. The Bertz CT molecular complexity index is 1180. The first-order valence-electron chi connectivity index (χ1n) is 9.68. The number of nitrogens with one attached hydrogen (secondary N) is 2. The molecule has 0 spiro atoms. The molecule has 2 aromatic rings. The molecule has 32 heavy (non-hydrogen) atoms. The lowest BCUT2D eigenvalue weighted by atomic mass is 10.1. The van der Waals surface area contributed by atoms with E-state index in [4.69, 9.17) is 4.74 Å². The third kappa shape index (κ3) is 6.21. The highest BCUT2D eigenvalue weighted by atomic mass is 32.2. The molecule has 0 bridgehead atoms. The van der Waals surface area contributed by atoms with E-state index in [0.29, 0.717) is 12.0 Å². The highest BCUT2D eigenvalue weighted by molar-refractivity contribution is 7.92. The Kier molecular flexibility index (Phi) is 7.48. The van der Waals surface area contributed by atoms with Gasteiger partial charge in [0.25, 0.3) is 10.0 Å². The molecule has 0 aliphatic carbocycles. The van der Waals surface area contributed by atoms with Gasteiger partial charge >= 0.3 is 12.1 Å². The van der Waals surface area contributed by atoms with Crippen molar-refractivity contribution in [3.8, 4) is 6.07 Å². The van der Waals surface area contributed by atoms with Crippen molar-refractivity contribution in [2.45, 2.75) is 44.6 Å². The third-order valence-electron chi connectivity index (χ3n) is 4.19. The number of carbonyl (C=O) groups excluding carboxylic acids is 2. The van der Waals surface area contributed by atoms with Gasteiger partial charge in [-0.2, -0.15) is 5.26 Å². The van der Waals surface area contributed by atoms with Crippen molar-refractivity contribution in [1.29, 1.82) is 5.26 Å². The van der Waals surface area contributed by atoms with Crippen LogP contribution in [0.2, 0.25) is 0 Å². The molecule has 0 atom stereocenters. The maximum absolute atomic E-state index is 13.2. The van der Waals surface area contributed by atoms with Crippen LogP contribution in [-0.4, -0.2) is 33.2 Å². The Morgan fingerprint density at radius 1 is 1.09 bits per heavy atom. The zero-order valence-corrected chi connectivity index (χ0v) is 19.3. The fraction of sp³-hybridized carbons (Fsp3) is 0.318. The fourth-order valence-electron chi connectivity index (χ4n) is 2.76. The number of methoxy groups -OCH3 is 1. The van der Waals surface area contributed by atoms with Gasteiger partial charge < -0.3 is 9.47 Å². The number of esters is 1. The zero-order chi connectivity index (χ0) is 24.1. The highest BCUT2D eigenvalue weighted by Gasteiger charge is 2.23. The highest BCUT2D eigenvalue weighted by Crippen LogP contribution is 2.28. The number of hydrogen-bond acceptors (Lipinski definition) is 7. The molecule has 2 rings (SSSR count). The van der Waals surface area contributed by atoms with Crippen LogP contribution in [-0.2, 0) is 25.9 Å². The number of amides is 1. The van der Waals surface area contributed by atoms with E-state index in [0.717, 1.165) is 0 Å². The summed E-state index contributed by atoms with van der Waals surface area (Å²) in [5, 5.41) is 11.7. The molecule has 10 heteroatoms. The molecule has 0 radical (unpaired) electrons. The molecule has 0 saturated heterocycles. The topological polar surface area (TPSA) is 135 Å². The normalized spacial score (nSPS) is 11.2. The van der Waals surface area contributed by atoms with Crippen LogP contribution in [0.5, 0.6) is 0 Å². The smallest absolute Gasteiger partial charge is 0.412 e. The molecule has 0 unspecified atom stereocenters. The summed E-state index contributed by atoms with van der Waals surface area (Å²) < 4.78 is 38.7. The number of nitriles is 1. The summed E-state index contributed by atoms with van der Waals surface area (Å²) in [7, 11) is -3.00. The first kappa shape index (κ1) is 24.7. The summed E-state index contributed by atoms with van der Waals surface area (Å²) in [6.45, 7) is 6.85. The minimum atomic E-state index is -4.20. The number of benzene rings is 2. The predicted molar refractivity (Wildman–Crippen MR) is 119 cm³/mol. The second-order valence-electron chi connectivity index (χ2n) is 7.77. The van der Waals surface area contributed by atoms with Crippen molar-refractivity contribution < 1.29 is 27.5 Å². The van der Waals surface area contributed by atoms with E-state index >= 15 is 0 Å². The summed E-state index contributed by atoms with van der Waals surface area (Å²) in [5.74, 6) is -0.678. The lowest BCUT2D eigenvalue weighted by Crippen LogP contribution is -2.27. The molecular formula is C22H25N3O6S. The van der Waals surface area contributed by atoms with E-state index in [9.17, 15) is 23.3 Å². The summed E-state index contributed by atoms with van der Waals surface area (Å²) >= 11 is 0. The SMILES string of the molecule is CCc1ccc(C(=O)OC)cc1S(=O)(=O)Nc1cc(C#N)ccc1NC(=O)OC(C)(C)C. The van der Waals surface area contributed by atoms with Crippen molar-refractivity contribution in [3.63, 3.8) is 0 Å². The first-order chi connectivity index (χ1) is 14.9. The van der Waals surface area contributed by atoms with Gasteiger partial charge in [0.05, 0.1) is 40.6 Å². The van der Waals surface area contributed by atoms with Gasteiger partial charge in [0, 0.05) is 0 Å². The van der Waals surface area contributed by atoms with Crippen LogP contribution in [0.3, 0.4) is 0 Å². The van der Waals surface area contributed by atoms with Crippen LogP contribution in [0.1, 0.15) is 49.2 Å². The minimum absolute atomic E-state index is 0.0274. The summed E-state index contributed by atoms with van der Waals surface area (Å²) in [5.41, 5.74) is 0.0350. The van der Waals surface area contributed by atoms with E-state index in [1.165, 1.54) is 43.5 Å². The van der Waals surface area contributed by atoms with Crippen LogP contribution < -0.4 is 10.0 Å². The summed E-state index contributed by atoms with van der Waals surface area (Å²) in [6, 6.07) is 10.3. The number of rotatable bonds is 6. The Morgan fingerprint density at radius 2 is 1.78 bits per heavy atom. The number of ether oxygens (including phenoxy) is 2. The molecule has 0 heterocycles. The van der Waals surface area contributed by atoms with E-state index in [1.54, 1.807) is 27.7 Å². The van der Waals surface area contributed by atoms with Gasteiger partial charge in [-0.25, -0.2) is 18.0 Å². The van der Waals surface area contributed by atoms with Crippen LogP contribution in [0.4, 0.5) is 16.2 Å². The van der Waals surface area contributed by atoms with E-state index in [-0.39, 0.29) is 27.4 Å². The molecule has 170 valence electrons. The second kappa shape index (κ2) is 9.70. The average Bonchev–Trinajstić information content (AvgIpc) is 2.72. The van der Waals surface area contributed by atoms with Crippen molar-refractivity contribution in [2.75, 3.05) is 17.1 Å². The van der Waals surface area contributed by atoms with Gasteiger partial charge in [-0.05, 0) is 63.1 Å². The monoisotopic (exact) mass is 459 g/mol. The Balaban J connectivity index is 2.50. The van der Waals surface area contributed by atoms with Gasteiger partial charge in [0.2, 0.25) is 0 Å². The molecule has 0 saturated carbocycles. The van der Waals surface area contributed by atoms with Crippen LogP contribution in [0.15, 0.2) is 41.3 Å². The number of aryl methyl sites for hydroxylation is 1. The fourth-order valence-corrected chi connectivity index (χ4v) is 4.17. The molecule has 2 aromatic carbocycles. The number of carbonyl (C=O) groups is 2. The van der Waals surface area contributed by atoms with E-state index in [1.807, 2.05) is 6.07 Å². The number of nitrogens with zero attached hydrogens (tertiary/aromatic N) is 1. The quantitative estimate of drug-likeness (QED) is 0.622. The van der Waals surface area contributed by atoms with Crippen molar-refractivity contribution >= 4 is 33.5 Å². The lowest BCUT2D eigenvalue weighted by Gasteiger charge is -2.21. The van der Waals surface area contributed by atoms with E-state index in [2.05, 4.69) is 14.8 Å². The van der Waals surface area contributed by atoms with Crippen molar-refractivity contribution in [1.82, 2.24) is 0 Å². The van der Waals surface area contributed by atoms with Gasteiger partial charge in [-0.15, -0.1) is 0 Å². The van der Waals surface area contributed by atoms with Crippen LogP contribution in [0, 0.1) is 11.3 Å². The average molecular weight is 460 g/mol. The second-order valence-corrected chi connectivity index (χ2v) is 9.42. The van der Waals surface area contributed by atoms with Crippen molar-refractivity contribution in [2.24, 2.45) is 0 Å². The van der Waals surface area contributed by atoms with Gasteiger partial charge in [0.15, 0.2) is 0 Å². The molecular weight excluding hydrogens is 434 g/mol.